The number of aryl methyl sites for hydroxylation is 1. The smallest absolute Gasteiger partial charge is 0.119 e. The number of aromatic hydroxyl groups is 1. The van der Waals surface area contributed by atoms with Crippen LogP contribution in [0.25, 0.3) is 0 Å². The van der Waals surface area contributed by atoms with Crippen molar-refractivity contribution in [1.82, 2.24) is 0 Å². The molecule has 2 aromatic carbocycles. The van der Waals surface area contributed by atoms with Crippen LogP contribution in [-0.2, 0) is 19.3 Å². The number of benzene rings is 2. The topological polar surface area (TPSA) is 20.2 Å². The summed E-state index contributed by atoms with van der Waals surface area (Å²) in [4.78, 5) is 0. The van der Waals surface area contributed by atoms with E-state index in [1.54, 1.807) is 6.07 Å². The molecule has 2 aromatic rings. The van der Waals surface area contributed by atoms with E-state index in [0.717, 1.165) is 24.8 Å². The van der Waals surface area contributed by atoms with Crippen LogP contribution in [0.4, 0.5) is 0 Å². The van der Waals surface area contributed by atoms with Crippen LogP contribution in [0.3, 0.4) is 0 Å². The fourth-order valence-corrected chi connectivity index (χ4v) is 2.50. The minimum Gasteiger partial charge on any atom is -0.508 e. The van der Waals surface area contributed by atoms with Gasteiger partial charge in [-0.15, -0.1) is 0 Å². The molecule has 0 radical (unpaired) electrons. The molecule has 2 rings (SSSR count). The van der Waals surface area contributed by atoms with Gasteiger partial charge in [0, 0.05) is 6.42 Å². The summed E-state index contributed by atoms with van der Waals surface area (Å²) in [6.45, 7) is 4.39. The largest absolute Gasteiger partial charge is 0.508 e. The van der Waals surface area contributed by atoms with Crippen molar-refractivity contribution in [3.8, 4) is 5.75 Å². The van der Waals surface area contributed by atoms with Crippen LogP contribution in [0.2, 0.25) is 0 Å². The Balaban J connectivity index is 2.37. The van der Waals surface area contributed by atoms with Crippen LogP contribution in [0.1, 0.15) is 36.1 Å². The lowest BCUT2D eigenvalue weighted by Crippen LogP contribution is -1.99. The normalized spacial score (nSPS) is 10.6. The third-order valence-corrected chi connectivity index (χ3v) is 3.48. The van der Waals surface area contributed by atoms with Crippen LogP contribution >= 0.6 is 0 Å². The Bertz CT molecular complexity index is 529. The van der Waals surface area contributed by atoms with E-state index in [9.17, 15) is 5.11 Å². The van der Waals surface area contributed by atoms with Crippen molar-refractivity contribution >= 4 is 0 Å². The summed E-state index contributed by atoms with van der Waals surface area (Å²) in [5.41, 5.74) is 5.19. The fraction of sp³-hybridized carbons (Fsp3) is 0.294. The summed E-state index contributed by atoms with van der Waals surface area (Å²) >= 11 is 0. The average molecular weight is 240 g/mol. The molecule has 0 spiro atoms. The molecule has 0 unspecified atom stereocenters. The molecule has 0 bridgehead atoms. The van der Waals surface area contributed by atoms with E-state index in [1.165, 1.54) is 16.7 Å². The standard InChI is InChI=1S/C17H20O/c1-3-13-9-7-10-14(16(13)4-2)12-15-8-5-6-11-17(15)18/h5-11,18H,3-4,12H2,1-2H3. The number of phenols is 1. The molecular formula is C17H20O. The lowest BCUT2D eigenvalue weighted by atomic mass is 9.93. The summed E-state index contributed by atoms with van der Waals surface area (Å²) in [5, 5.41) is 9.86. The minimum absolute atomic E-state index is 0.390. The van der Waals surface area contributed by atoms with Crippen molar-refractivity contribution in [2.45, 2.75) is 33.1 Å². The predicted octanol–water partition coefficient (Wildman–Crippen LogP) is 4.11. The van der Waals surface area contributed by atoms with E-state index in [2.05, 4.69) is 32.0 Å². The van der Waals surface area contributed by atoms with E-state index in [0.29, 0.717) is 5.75 Å². The third kappa shape index (κ3) is 2.56. The van der Waals surface area contributed by atoms with Gasteiger partial charge in [0.2, 0.25) is 0 Å². The van der Waals surface area contributed by atoms with Crippen molar-refractivity contribution in [3.63, 3.8) is 0 Å². The van der Waals surface area contributed by atoms with Gasteiger partial charge >= 0.3 is 0 Å². The molecule has 0 heterocycles. The van der Waals surface area contributed by atoms with Gasteiger partial charge in [0.25, 0.3) is 0 Å². The molecule has 0 aliphatic carbocycles. The van der Waals surface area contributed by atoms with Crippen molar-refractivity contribution in [3.05, 3.63) is 64.7 Å². The summed E-state index contributed by atoms with van der Waals surface area (Å²) in [7, 11) is 0. The second-order valence-electron chi connectivity index (χ2n) is 4.57. The van der Waals surface area contributed by atoms with Crippen molar-refractivity contribution < 1.29 is 5.11 Å². The lowest BCUT2D eigenvalue weighted by Gasteiger charge is -2.13. The Morgan fingerprint density at radius 2 is 1.44 bits per heavy atom. The molecule has 1 N–H and O–H groups in total. The van der Waals surface area contributed by atoms with E-state index in [4.69, 9.17) is 0 Å². The summed E-state index contributed by atoms with van der Waals surface area (Å²) in [6, 6.07) is 14.1. The second-order valence-corrected chi connectivity index (χ2v) is 4.57. The van der Waals surface area contributed by atoms with Gasteiger partial charge in [-0.1, -0.05) is 50.2 Å². The van der Waals surface area contributed by atoms with Gasteiger partial charge < -0.3 is 5.11 Å². The predicted molar refractivity (Wildman–Crippen MR) is 76.1 cm³/mol. The van der Waals surface area contributed by atoms with Gasteiger partial charge in [-0.3, -0.25) is 0 Å². The first-order valence-electron chi connectivity index (χ1n) is 6.62. The maximum atomic E-state index is 9.86. The number of para-hydroxylation sites is 1. The first kappa shape index (κ1) is 12.7. The van der Waals surface area contributed by atoms with Crippen LogP contribution in [0.15, 0.2) is 42.5 Å². The van der Waals surface area contributed by atoms with Crippen LogP contribution in [-0.4, -0.2) is 5.11 Å². The number of hydrogen-bond acceptors (Lipinski definition) is 1. The molecule has 18 heavy (non-hydrogen) atoms. The Labute approximate surface area is 109 Å². The molecule has 0 saturated carbocycles. The van der Waals surface area contributed by atoms with Gasteiger partial charge in [0.1, 0.15) is 5.75 Å². The van der Waals surface area contributed by atoms with E-state index in [1.807, 2.05) is 18.2 Å². The zero-order valence-electron chi connectivity index (χ0n) is 11.1. The van der Waals surface area contributed by atoms with Crippen molar-refractivity contribution in [2.24, 2.45) is 0 Å². The lowest BCUT2D eigenvalue weighted by molar-refractivity contribution is 0.469. The summed E-state index contributed by atoms with van der Waals surface area (Å²) in [5.74, 6) is 0.390. The molecule has 0 aromatic heterocycles. The van der Waals surface area contributed by atoms with Gasteiger partial charge in [-0.25, -0.2) is 0 Å². The second kappa shape index (κ2) is 5.72. The van der Waals surface area contributed by atoms with E-state index < -0.39 is 0 Å². The van der Waals surface area contributed by atoms with Gasteiger partial charge in [0.05, 0.1) is 0 Å². The Kier molecular flexibility index (Phi) is 4.03. The zero-order chi connectivity index (χ0) is 13.0. The molecule has 0 aliphatic heterocycles. The molecule has 0 amide bonds. The SMILES string of the molecule is CCc1cccc(Cc2ccccc2O)c1CC. The number of phenolic OH excluding ortho intramolecular Hbond substituents is 1. The average Bonchev–Trinajstić information content (AvgIpc) is 2.41. The molecule has 0 atom stereocenters. The highest BCUT2D eigenvalue weighted by Gasteiger charge is 2.08. The highest BCUT2D eigenvalue weighted by atomic mass is 16.3. The monoisotopic (exact) mass is 240 g/mol. The molecule has 1 nitrogen and oxygen atoms in total. The summed E-state index contributed by atoms with van der Waals surface area (Å²) in [6.07, 6.45) is 2.93. The van der Waals surface area contributed by atoms with Crippen molar-refractivity contribution in [1.29, 1.82) is 0 Å². The molecular weight excluding hydrogens is 220 g/mol. The molecule has 1 heteroatoms. The Morgan fingerprint density at radius 1 is 0.778 bits per heavy atom. The highest BCUT2D eigenvalue weighted by Crippen LogP contribution is 2.24. The van der Waals surface area contributed by atoms with Crippen LogP contribution in [0.5, 0.6) is 5.75 Å². The fourth-order valence-electron chi connectivity index (χ4n) is 2.50. The van der Waals surface area contributed by atoms with Gasteiger partial charge in [0.15, 0.2) is 0 Å². The number of hydrogen-bond donors (Lipinski definition) is 1. The summed E-state index contributed by atoms with van der Waals surface area (Å²) < 4.78 is 0. The quantitative estimate of drug-likeness (QED) is 0.852. The zero-order valence-corrected chi connectivity index (χ0v) is 11.1. The van der Waals surface area contributed by atoms with E-state index >= 15 is 0 Å². The molecule has 0 aliphatic rings. The third-order valence-electron chi connectivity index (χ3n) is 3.48. The maximum absolute atomic E-state index is 9.86. The molecule has 0 saturated heterocycles. The number of rotatable bonds is 4. The van der Waals surface area contributed by atoms with Gasteiger partial charge in [-0.2, -0.15) is 0 Å². The van der Waals surface area contributed by atoms with E-state index in [-0.39, 0.29) is 0 Å². The molecule has 0 fully saturated rings. The van der Waals surface area contributed by atoms with Crippen molar-refractivity contribution in [2.75, 3.05) is 0 Å². The van der Waals surface area contributed by atoms with Crippen LogP contribution in [0, 0.1) is 0 Å². The molecule has 94 valence electrons. The minimum atomic E-state index is 0.390. The highest BCUT2D eigenvalue weighted by molar-refractivity contribution is 5.42. The Morgan fingerprint density at radius 3 is 2.11 bits per heavy atom. The first-order chi connectivity index (χ1) is 8.76. The first-order valence-corrected chi connectivity index (χ1v) is 6.62. The maximum Gasteiger partial charge on any atom is 0.119 e. The van der Waals surface area contributed by atoms with Crippen LogP contribution < -0.4 is 0 Å². The van der Waals surface area contributed by atoms with Gasteiger partial charge in [-0.05, 0) is 41.2 Å². The Hall–Kier alpha value is -1.76.